The molecule has 1 aromatic carbocycles. The maximum absolute atomic E-state index is 12.2. The summed E-state index contributed by atoms with van der Waals surface area (Å²) in [7, 11) is 0. The number of aromatic nitrogens is 1. The van der Waals surface area contributed by atoms with Gasteiger partial charge in [0.1, 0.15) is 12.1 Å². The van der Waals surface area contributed by atoms with Crippen molar-refractivity contribution in [2.45, 2.75) is 64.3 Å². The quantitative estimate of drug-likeness (QED) is 0.702. The van der Waals surface area contributed by atoms with Crippen LogP contribution in [0.15, 0.2) is 27.1 Å². The first-order valence-corrected chi connectivity index (χ1v) is 9.98. The molecule has 0 atom stereocenters. The minimum absolute atomic E-state index is 0.287. The van der Waals surface area contributed by atoms with E-state index >= 15 is 0 Å². The number of alkyl carbamates (subject to hydrolysis) is 1. The van der Waals surface area contributed by atoms with E-state index in [4.69, 9.17) is 14.1 Å². The Morgan fingerprint density at radius 1 is 1.38 bits per heavy atom. The van der Waals surface area contributed by atoms with E-state index < -0.39 is 6.09 Å². The Labute approximate surface area is 163 Å². The van der Waals surface area contributed by atoms with E-state index in [-0.39, 0.29) is 17.6 Å². The molecular weight excluding hydrogens is 396 g/mol. The second-order valence-corrected chi connectivity index (χ2v) is 9.46. The third kappa shape index (κ3) is 4.40. The van der Waals surface area contributed by atoms with Crippen LogP contribution in [0.2, 0.25) is 0 Å². The molecule has 1 N–H and O–H groups in total. The Morgan fingerprint density at radius 3 is 2.73 bits per heavy atom. The highest BCUT2D eigenvalue weighted by molar-refractivity contribution is 9.10. The minimum Gasteiger partial charge on any atom is -0.448 e. The Hall–Kier alpha value is -1.56. The third-order valence-corrected chi connectivity index (χ3v) is 5.48. The lowest BCUT2D eigenvalue weighted by atomic mass is 9.71. The number of benzene rings is 1. The minimum atomic E-state index is -0.394. The topological polar surface area (TPSA) is 64.4 Å². The lowest BCUT2D eigenvalue weighted by Crippen LogP contribution is -2.44. The maximum Gasteiger partial charge on any atom is 0.407 e. The van der Waals surface area contributed by atoms with Gasteiger partial charge in [-0.25, -0.2) is 9.78 Å². The lowest BCUT2D eigenvalue weighted by molar-refractivity contribution is 0.0743. The molecule has 142 valence electrons. The van der Waals surface area contributed by atoms with Crippen molar-refractivity contribution < 1.29 is 13.9 Å². The van der Waals surface area contributed by atoms with E-state index in [1.54, 1.807) is 0 Å². The maximum atomic E-state index is 12.2. The molecule has 6 heteroatoms. The summed E-state index contributed by atoms with van der Waals surface area (Å²) < 4.78 is 12.7. The van der Waals surface area contributed by atoms with Crippen LogP contribution in [-0.2, 0) is 10.2 Å². The average Bonchev–Trinajstić information content (AvgIpc) is 2.97. The number of hydrogen-bond acceptors (Lipinski definition) is 4. The van der Waals surface area contributed by atoms with Crippen molar-refractivity contribution in [2.75, 3.05) is 6.61 Å². The molecule has 26 heavy (non-hydrogen) atoms. The van der Waals surface area contributed by atoms with Gasteiger partial charge >= 0.3 is 6.09 Å². The summed E-state index contributed by atoms with van der Waals surface area (Å²) in [6.07, 6.45) is 3.57. The van der Waals surface area contributed by atoms with Gasteiger partial charge in [-0.3, -0.25) is 0 Å². The van der Waals surface area contributed by atoms with Crippen molar-refractivity contribution in [1.29, 1.82) is 0 Å². The molecule has 1 fully saturated rings. The lowest BCUT2D eigenvalue weighted by Gasteiger charge is -2.36. The fraction of sp³-hybridized carbons (Fsp3) is 0.600. The summed E-state index contributed by atoms with van der Waals surface area (Å²) in [5.74, 6) is 1.35. The zero-order valence-corrected chi connectivity index (χ0v) is 17.5. The van der Waals surface area contributed by atoms with Crippen LogP contribution >= 0.6 is 15.9 Å². The van der Waals surface area contributed by atoms with Gasteiger partial charge in [-0.05, 0) is 70.6 Å². The molecule has 5 nitrogen and oxygen atoms in total. The van der Waals surface area contributed by atoms with Crippen molar-refractivity contribution in [3.63, 3.8) is 0 Å². The molecule has 0 radical (unpaired) electrons. The van der Waals surface area contributed by atoms with Crippen LogP contribution in [-0.4, -0.2) is 23.2 Å². The van der Waals surface area contributed by atoms with E-state index in [1.165, 1.54) is 0 Å². The van der Waals surface area contributed by atoms with Crippen molar-refractivity contribution in [2.24, 2.45) is 5.92 Å². The highest BCUT2D eigenvalue weighted by Crippen LogP contribution is 2.42. The number of ether oxygens (including phenoxy) is 1. The fourth-order valence-corrected chi connectivity index (χ4v) is 3.76. The fourth-order valence-electron chi connectivity index (χ4n) is 3.41. The summed E-state index contributed by atoms with van der Waals surface area (Å²) >= 11 is 3.48. The highest BCUT2D eigenvalue weighted by Gasteiger charge is 2.41. The number of carbonyl (C=O) groups is 1. The Bertz CT molecular complexity index is 786. The molecule has 1 heterocycles. The first kappa shape index (κ1) is 19.2. The molecule has 0 unspecified atom stereocenters. The average molecular weight is 423 g/mol. The van der Waals surface area contributed by atoms with Gasteiger partial charge in [0, 0.05) is 10.0 Å². The molecule has 0 saturated heterocycles. The first-order valence-electron chi connectivity index (χ1n) is 9.18. The van der Waals surface area contributed by atoms with E-state index in [0.717, 1.165) is 41.3 Å². The second-order valence-electron chi connectivity index (χ2n) is 8.55. The number of hydrogen-bond donors (Lipinski definition) is 1. The Morgan fingerprint density at radius 2 is 2.08 bits per heavy atom. The highest BCUT2D eigenvalue weighted by atomic mass is 79.9. The molecule has 2 aromatic rings. The van der Waals surface area contributed by atoms with Crippen molar-refractivity contribution in [1.82, 2.24) is 10.3 Å². The monoisotopic (exact) mass is 422 g/mol. The SMILES string of the molecule is CC1CCC(COC(=O)NC(C)(C)C)(c2nc3cc(Br)ccc3o2)CC1. The van der Waals surface area contributed by atoms with Crippen LogP contribution in [0, 0.1) is 5.92 Å². The zero-order valence-electron chi connectivity index (χ0n) is 15.9. The summed E-state index contributed by atoms with van der Waals surface area (Å²) in [4.78, 5) is 16.9. The van der Waals surface area contributed by atoms with Gasteiger partial charge in [0.05, 0.1) is 5.41 Å². The van der Waals surface area contributed by atoms with Crippen LogP contribution in [0.1, 0.15) is 59.3 Å². The number of amides is 1. The van der Waals surface area contributed by atoms with E-state index in [2.05, 4.69) is 28.2 Å². The molecule has 1 amide bonds. The number of fused-ring (bicyclic) bond motifs is 1. The molecule has 1 saturated carbocycles. The smallest absolute Gasteiger partial charge is 0.407 e. The standard InChI is InChI=1S/C20H27BrN2O3/c1-13-7-9-20(10-8-13,12-25-18(24)23-19(2,3)4)17-22-15-11-14(21)5-6-16(15)26-17/h5-6,11,13H,7-10,12H2,1-4H3,(H,23,24). The number of carbonyl (C=O) groups excluding carboxylic acids is 1. The number of rotatable bonds is 3. The first-order chi connectivity index (χ1) is 12.2. The van der Waals surface area contributed by atoms with E-state index in [1.807, 2.05) is 39.0 Å². The Balaban J connectivity index is 1.85. The number of oxazole rings is 1. The van der Waals surface area contributed by atoms with E-state index in [9.17, 15) is 4.79 Å². The normalized spacial score (nSPS) is 23.8. The second kappa shape index (κ2) is 7.22. The summed E-state index contributed by atoms with van der Waals surface area (Å²) in [5, 5.41) is 2.85. The largest absolute Gasteiger partial charge is 0.448 e. The van der Waals surface area contributed by atoms with Gasteiger partial charge in [0.25, 0.3) is 0 Å². The molecule has 3 rings (SSSR count). The van der Waals surface area contributed by atoms with Gasteiger partial charge in [-0.1, -0.05) is 22.9 Å². The number of halogens is 1. The van der Waals surface area contributed by atoms with Crippen LogP contribution in [0.25, 0.3) is 11.1 Å². The third-order valence-electron chi connectivity index (χ3n) is 4.99. The molecule has 0 spiro atoms. The summed E-state index contributed by atoms with van der Waals surface area (Å²) in [6, 6.07) is 5.82. The molecule has 0 bridgehead atoms. The predicted molar refractivity (Wildman–Crippen MR) is 105 cm³/mol. The van der Waals surface area contributed by atoms with Crippen molar-refractivity contribution >= 4 is 33.1 Å². The van der Waals surface area contributed by atoms with Crippen molar-refractivity contribution in [3.05, 3.63) is 28.6 Å². The van der Waals surface area contributed by atoms with Crippen LogP contribution < -0.4 is 5.32 Å². The number of nitrogens with one attached hydrogen (secondary N) is 1. The molecule has 1 aliphatic rings. The number of nitrogens with zero attached hydrogens (tertiary/aromatic N) is 1. The van der Waals surface area contributed by atoms with E-state index in [0.29, 0.717) is 11.8 Å². The predicted octanol–water partition coefficient (Wildman–Crippen LogP) is 5.56. The molecule has 1 aliphatic carbocycles. The summed E-state index contributed by atoms with van der Waals surface area (Å²) in [6.45, 7) is 8.36. The van der Waals surface area contributed by atoms with Gasteiger partial charge in [0.2, 0.25) is 5.89 Å². The molecule has 1 aromatic heterocycles. The summed E-state index contributed by atoms with van der Waals surface area (Å²) in [5.41, 5.74) is 0.912. The van der Waals surface area contributed by atoms with Gasteiger partial charge in [-0.15, -0.1) is 0 Å². The van der Waals surface area contributed by atoms with Crippen LogP contribution in [0.3, 0.4) is 0 Å². The molecule has 0 aliphatic heterocycles. The Kier molecular flexibility index (Phi) is 5.33. The van der Waals surface area contributed by atoms with Gasteiger partial charge in [0.15, 0.2) is 5.58 Å². The van der Waals surface area contributed by atoms with Crippen LogP contribution in [0.4, 0.5) is 4.79 Å². The van der Waals surface area contributed by atoms with Crippen LogP contribution in [0.5, 0.6) is 0 Å². The van der Waals surface area contributed by atoms with Crippen molar-refractivity contribution in [3.8, 4) is 0 Å². The molecular formula is C20H27BrN2O3. The van der Waals surface area contributed by atoms with Gasteiger partial charge < -0.3 is 14.5 Å². The zero-order chi connectivity index (χ0) is 18.9. The van der Waals surface area contributed by atoms with Gasteiger partial charge in [-0.2, -0.15) is 0 Å².